The molecule has 0 saturated carbocycles. The highest BCUT2D eigenvalue weighted by Gasteiger charge is 2.28. The van der Waals surface area contributed by atoms with Crippen molar-refractivity contribution >= 4 is 46.1 Å². The summed E-state index contributed by atoms with van der Waals surface area (Å²) in [4.78, 5) is 38.8. The van der Waals surface area contributed by atoms with Crippen LogP contribution in [0.5, 0.6) is 11.5 Å². The number of esters is 1. The third-order valence-electron chi connectivity index (χ3n) is 5.96. The first-order chi connectivity index (χ1) is 18.5. The Labute approximate surface area is 230 Å². The Morgan fingerprint density at radius 1 is 1.18 bits per heavy atom. The number of primary amides is 1. The van der Waals surface area contributed by atoms with E-state index >= 15 is 0 Å². The lowest BCUT2D eigenvalue weighted by atomic mass is 10.1. The maximum absolute atomic E-state index is 13.5. The number of rotatable bonds is 7. The van der Waals surface area contributed by atoms with E-state index in [1.54, 1.807) is 43.8 Å². The quantitative estimate of drug-likeness (QED) is 0.407. The van der Waals surface area contributed by atoms with Crippen LogP contribution in [0, 0.1) is 0 Å². The Hall–Kier alpha value is -3.83. The van der Waals surface area contributed by atoms with Crippen LogP contribution in [-0.4, -0.2) is 53.6 Å². The van der Waals surface area contributed by atoms with Crippen molar-refractivity contribution in [1.82, 2.24) is 9.78 Å². The second-order valence-corrected chi connectivity index (χ2v) is 10.3. The van der Waals surface area contributed by atoms with Crippen molar-refractivity contribution < 1.29 is 33.3 Å². The van der Waals surface area contributed by atoms with Crippen LogP contribution in [0.1, 0.15) is 56.6 Å². The average molecular weight is 559 g/mol. The van der Waals surface area contributed by atoms with Gasteiger partial charge in [0.25, 0.3) is 5.91 Å². The van der Waals surface area contributed by atoms with Gasteiger partial charge in [0.15, 0.2) is 24.3 Å². The second-order valence-electron chi connectivity index (χ2n) is 9.96. The van der Waals surface area contributed by atoms with E-state index < -0.39 is 23.5 Å². The van der Waals surface area contributed by atoms with Crippen molar-refractivity contribution in [2.45, 2.75) is 51.9 Å². The fourth-order valence-electron chi connectivity index (χ4n) is 4.28. The number of aromatic nitrogens is 2. The lowest BCUT2D eigenvalue weighted by Gasteiger charge is -2.24. The maximum Gasteiger partial charge on any atom is 0.344 e. The van der Waals surface area contributed by atoms with Crippen molar-refractivity contribution in [3.05, 3.63) is 47.1 Å². The van der Waals surface area contributed by atoms with Gasteiger partial charge < -0.3 is 24.7 Å². The van der Waals surface area contributed by atoms with Gasteiger partial charge in [-0.2, -0.15) is 5.10 Å². The molecule has 0 bridgehead atoms. The van der Waals surface area contributed by atoms with E-state index in [9.17, 15) is 14.4 Å². The zero-order valence-corrected chi connectivity index (χ0v) is 23.0. The standard InChI is InChI=1S/C27H31ClN4O7/c1-27(2,3)39-23(33)15-38-20-11-8-16(13-21(20)36-4)25(34)31(26(29)35)19-10-9-18-17(24(19)28)14-30-32(18)22-7-5-6-12-37-22/h8-11,13-14,22H,5-7,12,15H2,1-4H3,(H2,29,35). The first kappa shape index (κ1) is 28.2. The van der Waals surface area contributed by atoms with Gasteiger partial charge in [-0.05, 0) is 70.4 Å². The first-order valence-electron chi connectivity index (χ1n) is 12.4. The third-order valence-corrected chi connectivity index (χ3v) is 6.36. The Balaban J connectivity index is 1.60. The average Bonchev–Trinajstić information content (AvgIpc) is 3.33. The fraction of sp³-hybridized carbons (Fsp3) is 0.407. The number of anilines is 1. The van der Waals surface area contributed by atoms with Crippen molar-refractivity contribution in [3.8, 4) is 11.5 Å². The number of carbonyl (C=O) groups excluding carboxylic acids is 3. The van der Waals surface area contributed by atoms with Crippen molar-refractivity contribution in [2.24, 2.45) is 5.73 Å². The topological polar surface area (TPSA) is 135 Å². The molecule has 1 atom stereocenters. The van der Waals surface area contributed by atoms with Crippen LogP contribution in [0.3, 0.4) is 0 Å². The molecule has 12 heteroatoms. The molecule has 1 aliphatic rings. The molecule has 2 aromatic carbocycles. The van der Waals surface area contributed by atoms with Crippen LogP contribution >= 0.6 is 11.6 Å². The van der Waals surface area contributed by atoms with Gasteiger partial charge in [0.1, 0.15) is 5.60 Å². The molecule has 1 aliphatic heterocycles. The number of benzene rings is 2. The number of halogens is 1. The molecule has 1 saturated heterocycles. The Morgan fingerprint density at radius 3 is 2.59 bits per heavy atom. The van der Waals surface area contributed by atoms with E-state index in [1.807, 2.05) is 0 Å². The second kappa shape index (κ2) is 11.5. The molecule has 0 radical (unpaired) electrons. The van der Waals surface area contributed by atoms with Crippen LogP contribution in [0.25, 0.3) is 10.9 Å². The van der Waals surface area contributed by atoms with Gasteiger partial charge in [-0.1, -0.05) is 11.6 Å². The summed E-state index contributed by atoms with van der Waals surface area (Å²) >= 11 is 6.68. The summed E-state index contributed by atoms with van der Waals surface area (Å²) in [5.74, 6) is -0.914. The van der Waals surface area contributed by atoms with Crippen LogP contribution in [0.4, 0.5) is 10.5 Å². The van der Waals surface area contributed by atoms with Crippen LogP contribution < -0.4 is 20.1 Å². The highest BCUT2D eigenvalue weighted by molar-refractivity contribution is 6.40. The predicted octanol–water partition coefficient (Wildman–Crippen LogP) is 4.84. The molecule has 1 aromatic heterocycles. The highest BCUT2D eigenvalue weighted by Crippen LogP contribution is 2.37. The Bertz CT molecular complexity index is 1390. The number of hydrogen-bond donors (Lipinski definition) is 1. The van der Waals surface area contributed by atoms with E-state index in [-0.39, 0.29) is 40.6 Å². The molecule has 3 aromatic rings. The smallest absolute Gasteiger partial charge is 0.344 e. The highest BCUT2D eigenvalue weighted by atomic mass is 35.5. The number of imide groups is 1. The molecule has 2 N–H and O–H groups in total. The number of nitrogens with zero attached hydrogens (tertiary/aromatic N) is 3. The van der Waals surface area contributed by atoms with Gasteiger partial charge in [0, 0.05) is 17.6 Å². The molecule has 3 amide bonds. The number of carbonyl (C=O) groups is 3. The zero-order chi connectivity index (χ0) is 28.3. The fourth-order valence-corrected chi connectivity index (χ4v) is 4.57. The van der Waals surface area contributed by atoms with Crippen LogP contribution in [0.15, 0.2) is 36.5 Å². The van der Waals surface area contributed by atoms with Gasteiger partial charge in [-0.3, -0.25) is 4.79 Å². The Kier molecular flexibility index (Phi) is 8.31. The molecular formula is C27H31ClN4O7. The lowest BCUT2D eigenvalue weighted by Crippen LogP contribution is -2.41. The molecule has 0 aliphatic carbocycles. The number of hydrogen-bond acceptors (Lipinski definition) is 8. The van der Waals surface area contributed by atoms with E-state index in [0.29, 0.717) is 17.5 Å². The number of ether oxygens (including phenoxy) is 4. The van der Waals surface area contributed by atoms with Crippen LogP contribution in [-0.2, 0) is 14.3 Å². The maximum atomic E-state index is 13.5. The summed E-state index contributed by atoms with van der Waals surface area (Å²) in [7, 11) is 1.38. The van der Waals surface area contributed by atoms with Gasteiger partial charge in [-0.15, -0.1) is 0 Å². The summed E-state index contributed by atoms with van der Waals surface area (Å²) in [5, 5.41) is 5.13. The van der Waals surface area contributed by atoms with Gasteiger partial charge in [0.05, 0.1) is 29.5 Å². The Morgan fingerprint density at radius 2 is 1.95 bits per heavy atom. The molecule has 4 rings (SSSR count). The van der Waals surface area contributed by atoms with E-state index in [1.165, 1.54) is 25.3 Å². The molecular weight excluding hydrogens is 528 g/mol. The van der Waals surface area contributed by atoms with Gasteiger partial charge >= 0.3 is 12.0 Å². The summed E-state index contributed by atoms with van der Waals surface area (Å²) in [6, 6.07) is 6.51. The number of nitrogens with two attached hydrogens (primary N) is 1. The number of urea groups is 1. The summed E-state index contributed by atoms with van der Waals surface area (Å²) in [5.41, 5.74) is 5.87. The van der Waals surface area contributed by atoms with Crippen molar-refractivity contribution in [3.63, 3.8) is 0 Å². The largest absolute Gasteiger partial charge is 0.493 e. The first-order valence-corrected chi connectivity index (χ1v) is 12.8. The minimum Gasteiger partial charge on any atom is -0.493 e. The number of amides is 3. The van der Waals surface area contributed by atoms with Crippen LogP contribution in [0.2, 0.25) is 5.02 Å². The molecule has 208 valence electrons. The number of methoxy groups -OCH3 is 1. The van der Waals surface area contributed by atoms with E-state index in [4.69, 9.17) is 36.3 Å². The lowest BCUT2D eigenvalue weighted by molar-refractivity contribution is -0.157. The summed E-state index contributed by atoms with van der Waals surface area (Å²) < 4.78 is 23.7. The summed E-state index contributed by atoms with van der Waals surface area (Å²) in [6.07, 6.45) is 4.20. The molecule has 11 nitrogen and oxygen atoms in total. The number of fused-ring (bicyclic) bond motifs is 1. The monoisotopic (exact) mass is 558 g/mol. The summed E-state index contributed by atoms with van der Waals surface area (Å²) in [6.45, 7) is 5.53. The van der Waals surface area contributed by atoms with E-state index in [2.05, 4.69) is 5.10 Å². The molecule has 1 unspecified atom stereocenters. The predicted molar refractivity (Wildman–Crippen MR) is 144 cm³/mol. The van der Waals surface area contributed by atoms with Crippen molar-refractivity contribution in [1.29, 1.82) is 0 Å². The van der Waals surface area contributed by atoms with E-state index in [0.717, 1.165) is 24.2 Å². The molecule has 2 heterocycles. The van der Waals surface area contributed by atoms with Gasteiger partial charge in [0.2, 0.25) is 0 Å². The minimum atomic E-state index is -1.02. The SMILES string of the molecule is COc1cc(C(=O)N(C(N)=O)c2ccc3c(cnn3C3CCCCO3)c2Cl)ccc1OCC(=O)OC(C)(C)C. The normalized spacial score (nSPS) is 15.6. The zero-order valence-electron chi connectivity index (χ0n) is 22.2. The molecule has 39 heavy (non-hydrogen) atoms. The third kappa shape index (κ3) is 6.26. The minimum absolute atomic E-state index is 0.0812. The van der Waals surface area contributed by atoms with Gasteiger partial charge in [-0.25, -0.2) is 19.2 Å². The molecule has 0 spiro atoms. The molecule has 1 fully saturated rings. The van der Waals surface area contributed by atoms with Crippen molar-refractivity contribution in [2.75, 3.05) is 25.2 Å².